The predicted octanol–water partition coefficient (Wildman–Crippen LogP) is 2.18. The van der Waals surface area contributed by atoms with E-state index in [1.165, 1.54) is 17.0 Å². The van der Waals surface area contributed by atoms with Crippen molar-refractivity contribution in [2.24, 2.45) is 0 Å². The van der Waals surface area contributed by atoms with Crippen LogP contribution < -0.4 is 0 Å². The maximum atomic E-state index is 13.2. The molecule has 0 saturated heterocycles. The molecule has 3 rings (SSSR count). The number of benzene rings is 1. The normalized spacial score (nSPS) is 14.3. The van der Waals surface area contributed by atoms with Gasteiger partial charge in [-0.1, -0.05) is 12.1 Å². The summed E-state index contributed by atoms with van der Waals surface area (Å²) in [6, 6.07) is 8.03. The van der Waals surface area contributed by atoms with Crippen molar-refractivity contribution >= 4 is 6.09 Å². The molecule has 0 radical (unpaired) electrons. The van der Waals surface area contributed by atoms with Gasteiger partial charge in [0.05, 0.1) is 24.5 Å². The average Bonchev–Trinajstić information content (AvgIpc) is 2.81. The van der Waals surface area contributed by atoms with Crippen LogP contribution in [0.1, 0.15) is 5.69 Å². The van der Waals surface area contributed by atoms with Crippen molar-refractivity contribution in [2.75, 3.05) is 6.54 Å². The van der Waals surface area contributed by atoms with Gasteiger partial charge in [0, 0.05) is 12.1 Å². The summed E-state index contributed by atoms with van der Waals surface area (Å²) in [6.45, 7) is 1.27. The van der Waals surface area contributed by atoms with Gasteiger partial charge in [0.25, 0.3) is 0 Å². The van der Waals surface area contributed by atoms with Crippen LogP contribution in [0.5, 0.6) is 0 Å². The Balaban J connectivity index is 1.93. The smallest absolute Gasteiger partial charge is 0.407 e. The van der Waals surface area contributed by atoms with Gasteiger partial charge >= 0.3 is 6.09 Å². The van der Waals surface area contributed by atoms with Crippen LogP contribution >= 0.6 is 0 Å². The monoisotopic (exact) mass is 261 g/mol. The van der Waals surface area contributed by atoms with Crippen LogP contribution in [-0.2, 0) is 13.1 Å². The first-order valence-electron chi connectivity index (χ1n) is 5.94. The first-order valence-corrected chi connectivity index (χ1v) is 5.94. The van der Waals surface area contributed by atoms with Gasteiger partial charge in [0.2, 0.25) is 0 Å². The summed E-state index contributed by atoms with van der Waals surface area (Å²) >= 11 is 0. The molecule has 1 aromatic carbocycles. The second-order valence-electron chi connectivity index (χ2n) is 4.46. The zero-order valence-electron chi connectivity index (χ0n) is 10.1. The molecule has 1 aliphatic rings. The number of fused-ring (bicyclic) bond motifs is 1. The molecule has 5 nitrogen and oxygen atoms in total. The Morgan fingerprint density at radius 2 is 2.16 bits per heavy atom. The number of hydrogen-bond donors (Lipinski definition) is 1. The van der Waals surface area contributed by atoms with Gasteiger partial charge in [-0.05, 0) is 18.2 Å². The molecular formula is C13H12FN3O2. The maximum absolute atomic E-state index is 13.2. The number of nitrogens with zero attached hydrogens (tertiary/aromatic N) is 3. The summed E-state index contributed by atoms with van der Waals surface area (Å²) < 4.78 is 15.0. The van der Waals surface area contributed by atoms with Crippen LogP contribution in [0.15, 0.2) is 30.3 Å². The SMILES string of the molecule is O=C(O)N1CCn2nc(-c3cccc(F)c3)cc2C1. The van der Waals surface area contributed by atoms with Crippen molar-refractivity contribution in [3.63, 3.8) is 0 Å². The highest BCUT2D eigenvalue weighted by atomic mass is 19.1. The van der Waals surface area contributed by atoms with E-state index >= 15 is 0 Å². The summed E-state index contributed by atoms with van der Waals surface area (Å²) in [6.07, 6.45) is -0.931. The maximum Gasteiger partial charge on any atom is 0.407 e. The summed E-state index contributed by atoms with van der Waals surface area (Å²) in [5.41, 5.74) is 2.19. The van der Waals surface area contributed by atoms with E-state index in [4.69, 9.17) is 5.11 Å². The van der Waals surface area contributed by atoms with Crippen LogP contribution in [0, 0.1) is 5.82 Å². The Morgan fingerprint density at radius 1 is 1.32 bits per heavy atom. The number of halogens is 1. The molecule has 0 spiro atoms. The molecule has 0 atom stereocenters. The molecular weight excluding hydrogens is 249 g/mol. The van der Waals surface area contributed by atoms with Gasteiger partial charge in [0.1, 0.15) is 5.82 Å². The fraction of sp³-hybridized carbons (Fsp3) is 0.231. The Labute approximate surface area is 108 Å². The number of carbonyl (C=O) groups is 1. The molecule has 0 bridgehead atoms. The molecule has 0 unspecified atom stereocenters. The fourth-order valence-corrected chi connectivity index (χ4v) is 2.22. The largest absolute Gasteiger partial charge is 0.465 e. The van der Waals surface area contributed by atoms with Crippen molar-refractivity contribution in [3.8, 4) is 11.3 Å². The van der Waals surface area contributed by atoms with Crippen molar-refractivity contribution in [3.05, 3.63) is 41.8 Å². The van der Waals surface area contributed by atoms with Gasteiger partial charge < -0.3 is 10.0 Å². The minimum Gasteiger partial charge on any atom is -0.465 e. The molecule has 98 valence electrons. The van der Waals surface area contributed by atoms with Crippen molar-refractivity contribution < 1.29 is 14.3 Å². The van der Waals surface area contributed by atoms with E-state index in [1.807, 2.05) is 6.07 Å². The van der Waals surface area contributed by atoms with Crippen molar-refractivity contribution in [2.45, 2.75) is 13.1 Å². The summed E-state index contributed by atoms with van der Waals surface area (Å²) in [5, 5.41) is 13.4. The van der Waals surface area contributed by atoms with Gasteiger partial charge in [0.15, 0.2) is 0 Å². The van der Waals surface area contributed by atoms with E-state index in [9.17, 15) is 9.18 Å². The second-order valence-corrected chi connectivity index (χ2v) is 4.46. The number of hydrogen-bond acceptors (Lipinski definition) is 2. The Bertz CT molecular complexity index is 639. The first kappa shape index (κ1) is 11.7. The van der Waals surface area contributed by atoms with Crippen LogP contribution in [0.4, 0.5) is 9.18 Å². The quantitative estimate of drug-likeness (QED) is 0.856. The third kappa shape index (κ3) is 2.16. The van der Waals surface area contributed by atoms with Gasteiger partial charge in [-0.25, -0.2) is 9.18 Å². The number of rotatable bonds is 1. The van der Waals surface area contributed by atoms with E-state index in [0.717, 1.165) is 5.69 Å². The molecule has 6 heteroatoms. The predicted molar refractivity (Wildman–Crippen MR) is 66.1 cm³/mol. The lowest BCUT2D eigenvalue weighted by atomic mass is 10.1. The molecule has 0 saturated carbocycles. The van der Waals surface area contributed by atoms with Crippen molar-refractivity contribution in [1.29, 1.82) is 0 Å². The molecule has 1 aromatic heterocycles. The number of carboxylic acid groups (broad SMARTS) is 1. The lowest BCUT2D eigenvalue weighted by molar-refractivity contribution is 0.131. The second kappa shape index (κ2) is 4.38. The zero-order chi connectivity index (χ0) is 13.4. The van der Waals surface area contributed by atoms with E-state index in [2.05, 4.69) is 5.10 Å². The van der Waals surface area contributed by atoms with Crippen LogP contribution in [0.2, 0.25) is 0 Å². The van der Waals surface area contributed by atoms with Crippen molar-refractivity contribution in [1.82, 2.24) is 14.7 Å². The Kier molecular flexibility index (Phi) is 2.70. The molecule has 0 fully saturated rings. The molecule has 2 heterocycles. The summed E-state index contributed by atoms with van der Waals surface area (Å²) in [4.78, 5) is 12.3. The Hall–Kier alpha value is -2.37. The highest BCUT2D eigenvalue weighted by molar-refractivity contribution is 5.65. The van der Waals surface area contributed by atoms with E-state index < -0.39 is 6.09 Å². The zero-order valence-corrected chi connectivity index (χ0v) is 10.1. The van der Waals surface area contributed by atoms with Gasteiger partial charge in [-0.2, -0.15) is 5.10 Å². The summed E-state index contributed by atoms with van der Waals surface area (Å²) in [5.74, 6) is -0.310. The van der Waals surface area contributed by atoms with Gasteiger partial charge in [-0.3, -0.25) is 4.68 Å². The molecule has 1 aliphatic heterocycles. The minimum absolute atomic E-state index is 0.310. The van der Waals surface area contributed by atoms with E-state index in [0.29, 0.717) is 30.9 Å². The average molecular weight is 261 g/mol. The molecule has 19 heavy (non-hydrogen) atoms. The van der Waals surface area contributed by atoms with Crippen LogP contribution in [0.25, 0.3) is 11.3 Å². The lowest BCUT2D eigenvalue weighted by Crippen LogP contribution is -2.37. The van der Waals surface area contributed by atoms with Crippen LogP contribution in [0.3, 0.4) is 0 Å². The first-order chi connectivity index (χ1) is 9.13. The van der Waals surface area contributed by atoms with E-state index in [1.54, 1.807) is 16.8 Å². The highest BCUT2D eigenvalue weighted by Crippen LogP contribution is 2.22. The molecule has 2 aromatic rings. The molecule has 1 amide bonds. The topological polar surface area (TPSA) is 58.4 Å². The standard InChI is InChI=1S/C13H12FN3O2/c14-10-3-1-2-9(6-10)12-7-11-8-16(13(18)19)4-5-17(11)15-12/h1-3,6-7H,4-5,8H2,(H,18,19). The van der Waals surface area contributed by atoms with Gasteiger partial charge in [-0.15, -0.1) is 0 Å². The minimum atomic E-state index is -0.931. The highest BCUT2D eigenvalue weighted by Gasteiger charge is 2.21. The number of amides is 1. The van der Waals surface area contributed by atoms with Crippen LogP contribution in [-0.4, -0.2) is 32.4 Å². The fourth-order valence-electron chi connectivity index (χ4n) is 2.22. The lowest BCUT2D eigenvalue weighted by Gasteiger charge is -2.24. The molecule has 1 N–H and O–H groups in total. The molecule has 0 aliphatic carbocycles. The van der Waals surface area contributed by atoms with E-state index in [-0.39, 0.29) is 5.82 Å². The third-order valence-corrected chi connectivity index (χ3v) is 3.19. The summed E-state index contributed by atoms with van der Waals surface area (Å²) in [7, 11) is 0. The third-order valence-electron chi connectivity index (χ3n) is 3.19. The number of aromatic nitrogens is 2. The Morgan fingerprint density at radius 3 is 2.89 bits per heavy atom.